The number of fused-ring (bicyclic) bond motifs is 3. The van der Waals surface area contributed by atoms with Crippen LogP contribution in [-0.2, 0) is 23.1 Å². The fraction of sp³-hybridized carbons (Fsp3) is 0.269. The van der Waals surface area contributed by atoms with E-state index in [1.807, 2.05) is 0 Å². The number of nitrogens with zero attached hydrogens (tertiary/aromatic N) is 5. The van der Waals surface area contributed by atoms with Crippen molar-refractivity contribution in [1.82, 2.24) is 19.1 Å². The summed E-state index contributed by atoms with van der Waals surface area (Å²) >= 11 is 12.5. The smallest absolute Gasteiger partial charge is 0.263 e. The number of hydrogen-bond acceptors (Lipinski definition) is 8. The minimum absolute atomic E-state index is 0.119. The number of halogens is 2. The van der Waals surface area contributed by atoms with Crippen LogP contribution < -0.4 is 21.5 Å². The topological polar surface area (TPSA) is 158 Å². The van der Waals surface area contributed by atoms with E-state index in [1.54, 1.807) is 19.3 Å². The van der Waals surface area contributed by atoms with Gasteiger partial charge >= 0.3 is 0 Å². The van der Waals surface area contributed by atoms with E-state index in [-0.39, 0.29) is 50.8 Å². The zero-order valence-electron chi connectivity index (χ0n) is 21.1. The number of aromatic nitrogens is 4. The van der Waals surface area contributed by atoms with Gasteiger partial charge in [-0.05, 0) is 24.1 Å². The predicted molar refractivity (Wildman–Crippen MR) is 149 cm³/mol. The van der Waals surface area contributed by atoms with Crippen LogP contribution in [0, 0.1) is 0 Å². The SMILES string of the molecule is Cn1cnc2c(c(-c3cc(Cl)c(O)c(C(N)=O)c3)cn2CC(=O)Nc2cc(N3C4COCC3C4)ncc2Cl)c1=O. The molecule has 2 aliphatic heterocycles. The van der Waals surface area contributed by atoms with Gasteiger partial charge in [-0.2, -0.15) is 0 Å². The van der Waals surface area contributed by atoms with Crippen LogP contribution in [-0.4, -0.2) is 61.3 Å². The summed E-state index contributed by atoms with van der Waals surface area (Å²) in [5.41, 5.74) is 6.17. The Morgan fingerprint density at radius 1 is 1.18 bits per heavy atom. The third-order valence-electron chi connectivity index (χ3n) is 7.22. The van der Waals surface area contributed by atoms with Crippen LogP contribution >= 0.6 is 23.2 Å². The highest BCUT2D eigenvalue weighted by Gasteiger charge is 2.43. The predicted octanol–water partition coefficient (Wildman–Crippen LogP) is 2.52. The maximum atomic E-state index is 13.2. The Morgan fingerprint density at radius 2 is 1.93 bits per heavy atom. The molecule has 0 spiro atoms. The van der Waals surface area contributed by atoms with Crippen LogP contribution in [0.5, 0.6) is 5.75 Å². The molecule has 2 saturated heterocycles. The van der Waals surface area contributed by atoms with Crippen LogP contribution in [0.25, 0.3) is 22.2 Å². The molecule has 2 atom stereocenters. The number of nitrogens with two attached hydrogens (primary N) is 1. The molecule has 2 fully saturated rings. The Kier molecular flexibility index (Phi) is 6.40. The Bertz CT molecular complexity index is 1750. The third kappa shape index (κ3) is 4.34. The summed E-state index contributed by atoms with van der Waals surface area (Å²) in [6.45, 7) is 1.05. The summed E-state index contributed by atoms with van der Waals surface area (Å²) in [6.07, 6.45) is 5.45. The highest BCUT2D eigenvalue weighted by Crippen LogP contribution is 2.38. The van der Waals surface area contributed by atoms with E-state index >= 15 is 0 Å². The number of pyridine rings is 1. The fourth-order valence-corrected chi connectivity index (χ4v) is 5.64. The molecule has 2 amide bonds. The fourth-order valence-electron chi connectivity index (χ4n) is 5.27. The third-order valence-corrected chi connectivity index (χ3v) is 7.81. The highest BCUT2D eigenvalue weighted by molar-refractivity contribution is 6.34. The lowest BCUT2D eigenvalue weighted by molar-refractivity contribution is -0.116. The molecule has 12 nitrogen and oxygen atoms in total. The average Bonchev–Trinajstić information content (AvgIpc) is 3.28. The largest absolute Gasteiger partial charge is 0.506 e. The molecule has 40 heavy (non-hydrogen) atoms. The van der Waals surface area contributed by atoms with Crippen LogP contribution in [0.2, 0.25) is 10.0 Å². The summed E-state index contributed by atoms with van der Waals surface area (Å²) in [5, 5.41) is 13.4. The van der Waals surface area contributed by atoms with Crippen LogP contribution in [0.1, 0.15) is 16.8 Å². The first-order valence-corrected chi connectivity index (χ1v) is 13.1. The molecule has 5 heterocycles. The molecule has 1 aromatic carbocycles. The zero-order chi connectivity index (χ0) is 28.3. The summed E-state index contributed by atoms with van der Waals surface area (Å²) < 4.78 is 8.35. The number of hydrogen-bond donors (Lipinski definition) is 3. The van der Waals surface area contributed by atoms with Crippen LogP contribution in [0.3, 0.4) is 0 Å². The molecule has 2 unspecified atom stereocenters. The molecular formula is C26H23Cl2N7O5. The highest BCUT2D eigenvalue weighted by atomic mass is 35.5. The molecule has 4 aromatic rings. The van der Waals surface area contributed by atoms with Crippen molar-refractivity contribution >= 4 is 57.6 Å². The normalized spacial score (nSPS) is 18.0. The van der Waals surface area contributed by atoms with Crippen LogP contribution in [0.4, 0.5) is 11.5 Å². The number of amides is 2. The van der Waals surface area contributed by atoms with E-state index in [1.165, 1.54) is 33.8 Å². The van der Waals surface area contributed by atoms with Gasteiger partial charge < -0.3 is 34.9 Å². The van der Waals surface area contributed by atoms with Gasteiger partial charge in [-0.3, -0.25) is 14.4 Å². The maximum Gasteiger partial charge on any atom is 0.263 e. The van der Waals surface area contributed by atoms with E-state index < -0.39 is 17.6 Å². The Hall–Kier alpha value is -4.13. The standard InChI is InChI=1S/C26H23Cl2N7O5/c1-33-11-31-25-22(26(33)39)16(12-2-15(24(29)38)23(37)17(27)3-12)7-34(25)8-21(36)32-19-5-20(30-6-18(19)28)35-13-4-14(35)10-40-9-13/h2-3,5-7,11,13-14,37H,4,8-10H2,1H3,(H2,29,38)(H,30,32,36). The van der Waals surface area contributed by atoms with E-state index in [4.69, 9.17) is 33.7 Å². The molecule has 2 aliphatic rings. The molecule has 206 valence electrons. The number of phenols is 1. The van der Waals surface area contributed by atoms with Gasteiger partial charge in [0.15, 0.2) is 0 Å². The summed E-state index contributed by atoms with van der Waals surface area (Å²) in [4.78, 5) is 49.2. The first-order chi connectivity index (χ1) is 19.1. The van der Waals surface area contributed by atoms with Crippen molar-refractivity contribution in [2.75, 3.05) is 23.4 Å². The van der Waals surface area contributed by atoms with Gasteiger partial charge in [-0.25, -0.2) is 9.97 Å². The number of primary amides is 1. The molecule has 14 heteroatoms. The second-order valence-corrected chi connectivity index (χ2v) is 10.6. The van der Waals surface area contributed by atoms with Crippen molar-refractivity contribution < 1.29 is 19.4 Å². The number of benzene rings is 1. The van der Waals surface area contributed by atoms with Gasteiger partial charge in [0.05, 0.1) is 64.5 Å². The number of aryl methyl sites for hydroxylation is 1. The Labute approximate surface area is 236 Å². The van der Waals surface area contributed by atoms with E-state index in [2.05, 4.69) is 20.2 Å². The summed E-state index contributed by atoms with van der Waals surface area (Å²) in [7, 11) is 1.54. The summed E-state index contributed by atoms with van der Waals surface area (Å²) in [6, 6.07) is 4.98. The van der Waals surface area contributed by atoms with Gasteiger partial charge in [0.2, 0.25) is 5.91 Å². The minimum atomic E-state index is -0.890. The van der Waals surface area contributed by atoms with Crippen molar-refractivity contribution in [3.8, 4) is 16.9 Å². The first-order valence-electron chi connectivity index (χ1n) is 12.3. The lowest BCUT2D eigenvalue weighted by atomic mass is 9.91. The number of rotatable bonds is 6. The molecule has 2 bridgehead atoms. The zero-order valence-corrected chi connectivity index (χ0v) is 22.6. The van der Waals surface area contributed by atoms with Crippen molar-refractivity contribution in [3.63, 3.8) is 0 Å². The minimum Gasteiger partial charge on any atom is -0.506 e. The van der Waals surface area contributed by atoms with Crippen molar-refractivity contribution in [1.29, 1.82) is 0 Å². The van der Waals surface area contributed by atoms with Gasteiger partial charge in [0, 0.05) is 24.9 Å². The summed E-state index contributed by atoms with van der Waals surface area (Å²) in [5.74, 6) is -1.07. The second-order valence-electron chi connectivity index (χ2n) is 9.81. The molecule has 0 radical (unpaired) electrons. The monoisotopic (exact) mass is 583 g/mol. The molecule has 4 N–H and O–H groups in total. The van der Waals surface area contributed by atoms with Crippen molar-refractivity contribution in [2.45, 2.75) is 25.0 Å². The van der Waals surface area contributed by atoms with Gasteiger partial charge in [0.1, 0.15) is 23.8 Å². The van der Waals surface area contributed by atoms with Crippen molar-refractivity contribution in [3.05, 3.63) is 62.9 Å². The van der Waals surface area contributed by atoms with Gasteiger partial charge in [-0.1, -0.05) is 23.2 Å². The molecule has 3 aromatic heterocycles. The van der Waals surface area contributed by atoms with E-state index in [9.17, 15) is 19.5 Å². The number of ether oxygens (including phenoxy) is 1. The number of nitrogens with one attached hydrogen (secondary N) is 1. The number of morpholine rings is 1. The lowest BCUT2D eigenvalue weighted by Crippen LogP contribution is -2.64. The van der Waals surface area contributed by atoms with Gasteiger partial charge in [0.25, 0.3) is 11.5 Å². The first kappa shape index (κ1) is 26.1. The number of carbonyl (C=O) groups excluding carboxylic acids is 2. The van der Waals surface area contributed by atoms with E-state index in [0.29, 0.717) is 35.8 Å². The quantitative estimate of drug-likeness (QED) is 0.312. The molecule has 0 aliphatic carbocycles. The number of anilines is 2. The number of carbonyl (C=O) groups is 2. The van der Waals surface area contributed by atoms with E-state index in [0.717, 1.165) is 6.42 Å². The average molecular weight is 584 g/mol. The van der Waals surface area contributed by atoms with Crippen molar-refractivity contribution in [2.24, 2.45) is 12.8 Å². The molecule has 0 saturated carbocycles. The Balaban J connectivity index is 1.34. The molecule has 6 rings (SSSR count). The van der Waals surface area contributed by atoms with Crippen LogP contribution in [0.15, 0.2) is 41.7 Å². The molecular weight excluding hydrogens is 561 g/mol. The Morgan fingerprint density at radius 3 is 2.62 bits per heavy atom. The maximum absolute atomic E-state index is 13.2. The van der Waals surface area contributed by atoms with Gasteiger partial charge in [-0.15, -0.1) is 0 Å². The lowest BCUT2D eigenvalue weighted by Gasteiger charge is -2.53. The number of aromatic hydroxyl groups is 1. The second kappa shape index (κ2) is 9.81.